The van der Waals surface area contributed by atoms with Gasteiger partial charge in [-0.05, 0) is 25.0 Å². The molecular formula is C14H21N3O3. The maximum atomic E-state index is 11.6. The van der Waals surface area contributed by atoms with Crippen LogP contribution in [0.1, 0.15) is 36.0 Å². The molecule has 1 unspecified atom stereocenters. The molecule has 0 aliphatic heterocycles. The van der Waals surface area contributed by atoms with Crippen LogP contribution in [-0.2, 0) is 9.63 Å². The highest BCUT2D eigenvalue weighted by atomic mass is 16.7. The van der Waals surface area contributed by atoms with Crippen LogP contribution in [0.2, 0.25) is 0 Å². The van der Waals surface area contributed by atoms with Crippen molar-refractivity contribution >= 4 is 11.9 Å². The summed E-state index contributed by atoms with van der Waals surface area (Å²) in [4.78, 5) is 27.1. The zero-order valence-electron chi connectivity index (χ0n) is 11.4. The fourth-order valence-corrected chi connectivity index (χ4v) is 1.71. The van der Waals surface area contributed by atoms with Crippen LogP contribution in [0.15, 0.2) is 30.3 Å². The fraction of sp³-hybridized carbons (Fsp3) is 0.429. The minimum atomic E-state index is -0.406. The number of unbranched alkanes of at least 4 members (excludes halogenated alkanes) is 1. The van der Waals surface area contributed by atoms with Gasteiger partial charge in [0.1, 0.15) is 0 Å². The Labute approximate surface area is 118 Å². The van der Waals surface area contributed by atoms with E-state index in [-0.39, 0.29) is 18.4 Å². The van der Waals surface area contributed by atoms with E-state index in [2.05, 4.69) is 5.48 Å². The molecule has 1 amide bonds. The van der Waals surface area contributed by atoms with Crippen LogP contribution < -0.4 is 16.9 Å². The van der Waals surface area contributed by atoms with Crippen LogP contribution in [0.5, 0.6) is 0 Å². The highest BCUT2D eigenvalue weighted by Gasteiger charge is 2.07. The SMILES string of the molecule is NC(=O)CC(N)CCCCNOC(=O)c1ccccc1. The van der Waals surface area contributed by atoms with Gasteiger partial charge < -0.3 is 16.3 Å². The number of hydrogen-bond acceptors (Lipinski definition) is 5. The summed E-state index contributed by atoms with van der Waals surface area (Å²) in [5, 5.41) is 0. The summed E-state index contributed by atoms with van der Waals surface area (Å²) in [6.07, 6.45) is 2.56. The van der Waals surface area contributed by atoms with Gasteiger partial charge in [0.15, 0.2) is 0 Å². The van der Waals surface area contributed by atoms with Crippen LogP contribution in [0.4, 0.5) is 0 Å². The Balaban J connectivity index is 2.05. The monoisotopic (exact) mass is 279 g/mol. The number of hydrogen-bond donors (Lipinski definition) is 3. The molecule has 1 rings (SSSR count). The van der Waals surface area contributed by atoms with Crippen molar-refractivity contribution in [2.45, 2.75) is 31.7 Å². The first-order chi connectivity index (χ1) is 9.59. The summed E-state index contributed by atoms with van der Waals surface area (Å²) in [7, 11) is 0. The van der Waals surface area contributed by atoms with Gasteiger partial charge in [-0.2, -0.15) is 5.48 Å². The van der Waals surface area contributed by atoms with E-state index in [0.717, 1.165) is 19.3 Å². The van der Waals surface area contributed by atoms with Gasteiger partial charge in [0.25, 0.3) is 0 Å². The van der Waals surface area contributed by atoms with Crippen molar-refractivity contribution in [3.63, 3.8) is 0 Å². The minimum Gasteiger partial charge on any atom is -0.370 e. The van der Waals surface area contributed by atoms with Crippen LogP contribution in [0.25, 0.3) is 0 Å². The number of primary amides is 1. The summed E-state index contributed by atoms with van der Waals surface area (Å²) in [6.45, 7) is 0.544. The molecule has 0 aliphatic rings. The smallest absolute Gasteiger partial charge is 0.356 e. The second-order valence-corrected chi connectivity index (χ2v) is 4.58. The second-order valence-electron chi connectivity index (χ2n) is 4.58. The molecule has 1 aromatic rings. The highest BCUT2D eigenvalue weighted by molar-refractivity contribution is 5.89. The molecule has 0 saturated carbocycles. The van der Waals surface area contributed by atoms with E-state index in [9.17, 15) is 9.59 Å². The summed E-state index contributed by atoms with van der Waals surface area (Å²) in [5.74, 6) is -0.788. The van der Waals surface area contributed by atoms with Crippen molar-refractivity contribution in [2.24, 2.45) is 11.5 Å². The number of rotatable bonds is 9. The van der Waals surface area contributed by atoms with E-state index in [0.29, 0.717) is 12.1 Å². The maximum absolute atomic E-state index is 11.6. The fourth-order valence-electron chi connectivity index (χ4n) is 1.71. The van der Waals surface area contributed by atoms with Gasteiger partial charge in [0.2, 0.25) is 5.91 Å². The standard InChI is InChI=1S/C14H21N3O3/c15-12(10-13(16)18)8-4-5-9-17-20-14(19)11-6-2-1-3-7-11/h1-3,6-7,12,17H,4-5,8-10,15H2,(H2,16,18). The lowest BCUT2D eigenvalue weighted by Crippen LogP contribution is -2.27. The largest absolute Gasteiger partial charge is 0.370 e. The Hall–Kier alpha value is -1.92. The van der Waals surface area contributed by atoms with E-state index in [1.54, 1.807) is 24.3 Å². The molecule has 0 aromatic heterocycles. The number of carbonyl (C=O) groups is 2. The summed E-state index contributed by atoms with van der Waals surface area (Å²) < 4.78 is 0. The molecule has 6 heteroatoms. The Morgan fingerprint density at radius 1 is 1.20 bits per heavy atom. The van der Waals surface area contributed by atoms with Crippen LogP contribution in [0, 0.1) is 0 Å². The zero-order valence-corrected chi connectivity index (χ0v) is 11.4. The minimum absolute atomic E-state index is 0.195. The average Bonchev–Trinajstić information content (AvgIpc) is 2.42. The first kappa shape index (κ1) is 16.1. The Morgan fingerprint density at radius 3 is 2.55 bits per heavy atom. The molecule has 6 nitrogen and oxygen atoms in total. The molecule has 1 aromatic carbocycles. The Kier molecular flexibility index (Phi) is 7.31. The molecule has 0 radical (unpaired) electrons. The van der Waals surface area contributed by atoms with Gasteiger partial charge in [-0.3, -0.25) is 4.79 Å². The van der Waals surface area contributed by atoms with Gasteiger partial charge >= 0.3 is 5.97 Å². The van der Waals surface area contributed by atoms with Crippen LogP contribution in [-0.4, -0.2) is 24.5 Å². The summed E-state index contributed by atoms with van der Waals surface area (Å²) >= 11 is 0. The first-order valence-corrected chi connectivity index (χ1v) is 6.62. The van der Waals surface area contributed by atoms with E-state index < -0.39 is 5.97 Å². The van der Waals surface area contributed by atoms with E-state index in [1.807, 2.05) is 6.07 Å². The van der Waals surface area contributed by atoms with Gasteiger partial charge in [0, 0.05) is 19.0 Å². The number of nitrogens with two attached hydrogens (primary N) is 2. The van der Waals surface area contributed by atoms with Crippen molar-refractivity contribution in [1.29, 1.82) is 0 Å². The lowest BCUT2D eigenvalue weighted by atomic mass is 10.1. The van der Waals surface area contributed by atoms with Gasteiger partial charge in [-0.25, -0.2) is 4.79 Å². The molecule has 0 heterocycles. The number of amides is 1. The van der Waals surface area contributed by atoms with Crippen molar-refractivity contribution < 1.29 is 14.4 Å². The molecular weight excluding hydrogens is 258 g/mol. The predicted octanol–water partition coefficient (Wildman–Crippen LogP) is 0.721. The molecule has 5 N–H and O–H groups in total. The maximum Gasteiger partial charge on any atom is 0.356 e. The molecule has 0 bridgehead atoms. The number of carbonyl (C=O) groups excluding carboxylic acids is 2. The quantitative estimate of drug-likeness (QED) is 0.456. The zero-order chi connectivity index (χ0) is 14.8. The number of hydroxylamine groups is 1. The molecule has 0 spiro atoms. The van der Waals surface area contributed by atoms with Crippen LogP contribution >= 0.6 is 0 Å². The van der Waals surface area contributed by atoms with E-state index >= 15 is 0 Å². The number of nitrogens with one attached hydrogen (secondary N) is 1. The summed E-state index contributed by atoms with van der Waals surface area (Å²) in [6, 6.07) is 8.56. The van der Waals surface area contributed by atoms with Gasteiger partial charge in [0.05, 0.1) is 5.56 Å². The van der Waals surface area contributed by atoms with Crippen molar-refractivity contribution in [2.75, 3.05) is 6.54 Å². The molecule has 110 valence electrons. The van der Waals surface area contributed by atoms with Gasteiger partial charge in [-0.1, -0.05) is 24.6 Å². The van der Waals surface area contributed by atoms with Crippen LogP contribution in [0.3, 0.4) is 0 Å². The lowest BCUT2D eigenvalue weighted by Gasteiger charge is -2.09. The van der Waals surface area contributed by atoms with Crippen molar-refractivity contribution in [3.8, 4) is 0 Å². The van der Waals surface area contributed by atoms with Gasteiger partial charge in [-0.15, -0.1) is 0 Å². The van der Waals surface area contributed by atoms with E-state index in [1.165, 1.54) is 0 Å². The second kappa shape index (κ2) is 9.06. The lowest BCUT2D eigenvalue weighted by molar-refractivity contribution is -0.118. The molecule has 0 aliphatic carbocycles. The number of benzene rings is 1. The Morgan fingerprint density at radius 2 is 1.90 bits per heavy atom. The molecule has 0 saturated heterocycles. The third kappa shape index (κ3) is 6.86. The summed E-state index contributed by atoms with van der Waals surface area (Å²) in [5.41, 5.74) is 13.9. The average molecular weight is 279 g/mol. The van der Waals surface area contributed by atoms with Crippen molar-refractivity contribution in [3.05, 3.63) is 35.9 Å². The molecule has 1 atom stereocenters. The normalized spacial score (nSPS) is 11.8. The third-order valence-electron chi connectivity index (χ3n) is 2.74. The third-order valence-corrected chi connectivity index (χ3v) is 2.74. The molecule has 20 heavy (non-hydrogen) atoms. The Bertz CT molecular complexity index is 423. The highest BCUT2D eigenvalue weighted by Crippen LogP contribution is 2.02. The first-order valence-electron chi connectivity index (χ1n) is 6.62. The molecule has 0 fully saturated rings. The predicted molar refractivity (Wildman–Crippen MR) is 75.5 cm³/mol. The van der Waals surface area contributed by atoms with E-state index in [4.69, 9.17) is 16.3 Å². The topological polar surface area (TPSA) is 107 Å². The van der Waals surface area contributed by atoms with Crippen molar-refractivity contribution in [1.82, 2.24) is 5.48 Å².